The summed E-state index contributed by atoms with van der Waals surface area (Å²) in [6, 6.07) is 13.0. The molecule has 2 aromatic rings. The number of rotatable bonds is 4. The monoisotopic (exact) mass is 548 g/mol. The van der Waals surface area contributed by atoms with Crippen molar-refractivity contribution >= 4 is 33.5 Å². The molecule has 0 bridgehead atoms. The molecule has 0 amide bonds. The second kappa shape index (κ2) is 9.60. The summed E-state index contributed by atoms with van der Waals surface area (Å²) in [6.45, 7) is 11.6. The van der Waals surface area contributed by atoms with Crippen molar-refractivity contribution in [3.63, 3.8) is 0 Å². The molecule has 1 fully saturated rings. The third-order valence-electron chi connectivity index (χ3n) is 6.00. The van der Waals surface area contributed by atoms with Crippen LogP contribution >= 0.6 is 27.5 Å². The lowest BCUT2D eigenvalue weighted by atomic mass is 9.63. The second-order valence-electron chi connectivity index (χ2n) is 11.1. The van der Waals surface area contributed by atoms with Gasteiger partial charge in [-0.3, -0.25) is 10.1 Å². The van der Waals surface area contributed by atoms with E-state index in [0.717, 1.165) is 10.0 Å². The molecule has 2 aromatic carbocycles. The average molecular weight is 550 g/mol. The van der Waals surface area contributed by atoms with Crippen molar-refractivity contribution in [3.8, 4) is 6.07 Å². The molecule has 182 valence electrons. The standard InChI is InChI=1S/C27H31BrClFN2O2/c1-25(2,3)14-21-27(15-31,19-11-10-18(29)13-20(19)30)22(16-8-7-9-17(28)12-16)23(32-21)24(33)34-26(4,5)6/h7-13,21-23,32H,14H2,1-6H3/t21-,22-,23-,27-/m0/s1. The Morgan fingerprint density at radius 2 is 1.88 bits per heavy atom. The van der Waals surface area contributed by atoms with Crippen molar-refractivity contribution in [3.05, 3.63) is 68.9 Å². The van der Waals surface area contributed by atoms with Gasteiger partial charge in [0.05, 0.1) is 6.07 Å². The van der Waals surface area contributed by atoms with Crippen molar-refractivity contribution in [1.29, 1.82) is 5.26 Å². The molecular weight excluding hydrogens is 519 g/mol. The van der Waals surface area contributed by atoms with E-state index >= 15 is 4.39 Å². The summed E-state index contributed by atoms with van der Waals surface area (Å²) in [5, 5.41) is 14.5. The van der Waals surface area contributed by atoms with Gasteiger partial charge in [0, 0.05) is 27.0 Å². The summed E-state index contributed by atoms with van der Waals surface area (Å²) in [4.78, 5) is 13.5. The maximum Gasteiger partial charge on any atom is 0.324 e. The fourth-order valence-electron chi connectivity index (χ4n) is 4.87. The van der Waals surface area contributed by atoms with E-state index in [2.05, 4.69) is 48.1 Å². The number of benzene rings is 2. The Bertz CT molecular complexity index is 1120. The number of hydrogen-bond donors (Lipinski definition) is 1. The van der Waals surface area contributed by atoms with Gasteiger partial charge in [-0.15, -0.1) is 0 Å². The SMILES string of the molecule is CC(C)(C)C[C@@H]1N[C@H](C(=O)OC(C)(C)C)[C@H](c2cccc(Br)c2)[C@@]1(C#N)c1ccc(Cl)cc1F. The molecule has 34 heavy (non-hydrogen) atoms. The Hall–Kier alpha value is -1.94. The summed E-state index contributed by atoms with van der Waals surface area (Å²) in [5.74, 6) is -1.74. The molecule has 0 radical (unpaired) electrons. The lowest BCUT2D eigenvalue weighted by Gasteiger charge is -2.37. The molecule has 3 rings (SSSR count). The molecule has 1 aliphatic rings. The van der Waals surface area contributed by atoms with Crippen molar-refractivity contribution in [2.75, 3.05) is 0 Å². The normalized spacial score (nSPS) is 25.1. The highest BCUT2D eigenvalue weighted by molar-refractivity contribution is 9.10. The van der Waals surface area contributed by atoms with E-state index in [-0.39, 0.29) is 16.0 Å². The van der Waals surface area contributed by atoms with E-state index in [4.69, 9.17) is 16.3 Å². The first-order valence-electron chi connectivity index (χ1n) is 11.3. The quantitative estimate of drug-likeness (QED) is 0.421. The second-order valence-corrected chi connectivity index (χ2v) is 12.5. The molecule has 0 spiro atoms. The van der Waals surface area contributed by atoms with E-state index in [1.807, 2.05) is 24.3 Å². The van der Waals surface area contributed by atoms with E-state index in [9.17, 15) is 10.1 Å². The molecule has 1 saturated heterocycles. The number of nitrogens with one attached hydrogen (secondary N) is 1. The van der Waals surface area contributed by atoms with Crippen LogP contribution in [0, 0.1) is 22.6 Å². The lowest BCUT2D eigenvalue weighted by Crippen LogP contribution is -2.44. The maximum atomic E-state index is 15.5. The minimum absolute atomic E-state index is 0.201. The first kappa shape index (κ1) is 26.7. The first-order chi connectivity index (χ1) is 15.7. The fraction of sp³-hybridized carbons (Fsp3) is 0.481. The maximum absolute atomic E-state index is 15.5. The molecule has 4 atom stereocenters. The van der Waals surface area contributed by atoms with Gasteiger partial charge in [-0.2, -0.15) is 5.26 Å². The third-order valence-corrected chi connectivity index (χ3v) is 6.73. The van der Waals surface area contributed by atoms with Gasteiger partial charge in [0.1, 0.15) is 22.9 Å². The molecular formula is C27H31BrClFN2O2. The summed E-state index contributed by atoms with van der Waals surface area (Å²) in [6.07, 6.45) is 0.534. The zero-order valence-corrected chi connectivity index (χ0v) is 22.7. The van der Waals surface area contributed by atoms with E-state index < -0.39 is 40.8 Å². The summed E-state index contributed by atoms with van der Waals surface area (Å²) in [7, 11) is 0. The van der Waals surface area contributed by atoms with Gasteiger partial charge >= 0.3 is 5.97 Å². The predicted molar refractivity (Wildman–Crippen MR) is 136 cm³/mol. The molecule has 1 N–H and O–H groups in total. The van der Waals surface area contributed by atoms with Crippen LogP contribution in [0.5, 0.6) is 0 Å². The average Bonchev–Trinajstić information content (AvgIpc) is 3.00. The smallest absolute Gasteiger partial charge is 0.324 e. The van der Waals surface area contributed by atoms with Gasteiger partial charge in [0.25, 0.3) is 0 Å². The van der Waals surface area contributed by atoms with Crippen LogP contribution in [0.4, 0.5) is 4.39 Å². The summed E-state index contributed by atoms with van der Waals surface area (Å²) >= 11 is 9.57. The van der Waals surface area contributed by atoms with Crippen molar-refractivity contribution in [1.82, 2.24) is 5.32 Å². The Morgan fingerprint density at radius 1 is 1.21 bits per heavy atom. The van der Waals surface area contributed by atoms with Gasteiger partial charge < -0.3 is 4.74 Å². The van der Waals surface area contributed by atoms with Crippen LogP contribution in [0.1, 0.15) is 65.0 Å². The largest absolute Gasteiger partial charge is 0.459 e. The number of nitrogens with zero attached hydrogens (tertiary/aromatic N) is 1. The zero-order valence-electron chi connectivity index (χ0n) is 20.4. The first-order valence-corrected chi connectivity index (χ1v) is 12.5. The number of carbonyl (C=O) groups excluding carboxylic acids is 1. The van der Waals surface area contributed by atoms with Crippen molar-refractivity contribution in [2.24, 2.45) is 5.41 Å². The molecule has 1 aliphatic heterocycles. The number of hydrogen-bond acceptors (Lipinski definition) is 4. The fourth-order valence-corrected chi connectivity index (χ4v) is 5.44. The number of nitriles is 1. The molecule has 4 nitrogen and oxygen atoms in total. The van der Waals surface area contributed by atoms with Gasteiger partial charge in [0.2, 0.25) is 0 Å². The lowest BCUT2D eigenvalue weighted by molar-refractivity contribution is -0.157. The topological polar surface area (TPSA) is 62.1 Å². The van der Waals surface area contributed by atoms with Crippen LogP contribution in [-0.4, -0.2) is 23.7 Å². The molecule has 7 heteroatoms. The van der Waals surface area contributed by atoms with Gasteiger partial charge in [-0.25, -0.2) is 4.39 Å². The highest BCUT2D eigenvalue weighted by atomic mass is 79.9. The molecule has 1 heterocycles. The van der Waals surface area contributed by atoms with Gasteiger partial charge in [-0.1, -0.05) is 66.5 Å². The van der Waals surface area contributed by atoms with Crippen LogP contribution in [0.15, 0.2) is 46.9 Å². The highest BCUT2D eigenvalue weighted by Crippen LogP contribution is 2.52. The molecule has 0 saturated carbocycles. The van der Waals surface area contributed by atoms with E-state index in [0.29, 0.717) is 6.42 Å². The van der Waals surface area contributed by atoms with E-state index in [1.165, 1.54) is 6.07 Å². The number of halogens is 3. The summed E-state index contributed by atoms with van der Waals surface area (Å²) < 4.78 is 22.1. The Labute approximate surface area is 215 Å². The van der Waals surface area contributed by atoms with Crippen molar-refractivity contribution in [2.45, 2.75) is 77.0 Å². The minimum atomic E-state index is -1.38. The van der Waals surface area contributed by atoms with Crippen LogP contribution in [-0.2, 0) is 14.9 Å². The predicted octanol–water partition coefficient (Wildman–Crippen LogP) is 6.91. The Morgan fingerprint density at radius 3 is 2.41 bits per heavy atom. The number of esters is 1. The van der Waals surface area contributed by atoms with Crippen molar-refractivity contribution < 1.29 is 13.9 Å². The zero-order chi connectivity index (χ0) is 25.5. The number of carbonyl (C=O) groups is 1. The van der Waals surface area contributed by atoms with Crippen LogP contribution in [0.3, 0.4) is 0 Å². The van der Waals surface area contributed by atoms with Crippen LogP contribution in [0.2, 0.25) is 5.02 Å². The number of ether oxygens (including phenoxy) is 1. The van der Waals surface area contributed by atoms with E-state index in [1.54, 1.807) is 32.9 Å². The Kier molecular flexibility index (Phi) is 7.53. The third kappa shape index (κ3) is 5.48. The van der Waals surface area contributed by atoms with Crippen LogP contribution < -0.4 is 5.32 Å². The highest BCUT2D eigenvalue weighted by Gasteiger charge is 2.61. The molecule has 0 aromatic heterocycles. The minimum Gasteiger partial charge on any atom is -0.459 e. The Balaban J connectivity index is 2.32. The van der Waals surface area contributed by atoms with Gasteiger partial charge in [-0.05, 0) is 62.4 Å². The molecule has 0 aliphatic carbocycles. The van der Waals surface area contributed by atoms with Crippen LogP contribution in [0.25, 0.3) is 0 Å². The molecule has 0 unspecified atom stereocenters. The summed E-state index contributed by atoms with van der Waals surface area (Å²) in [5.41, 5.74) is -1.34. The van der Waals surface area contributed by atoms with Gasteiger partial charge in [0.15, 0.2) is 0 Å².